The average Bonchev–Trinajstić information content (AvgIpc) is 2.82. The Morgan fingerprint density at radius 1 is 1.35 bits per heavy atom. The summed E-state index contributed by atoms with van der Waals surface area (Å²) in [6, 6.07) is 3.13. The monoisotopic (exact) mass is 281 g/mol. The first-order valence-corrected chi connectivity index (χ1v) is 6.15. The van der Waals surface area contributed by atoms with Gasteiger partial charge in [-0.25, -0.2) is 0 Å². The van der Waals surface area contributed by atoms with Crippen molar-refractivity contribution in [2.45, 2.75) is 20.4 Å². The summed E-state index contributed by atoms with van der Waals surface area (Å²) in [5.41, 5.74) is -0.491. The van der Waals surface area contributed by atoms with E-state index in [9.17, 15) is 14.4 Å². The molecule has 0 unspecified atom stereocenters. The lowest BCUT2D eigenvalue weighted by atomic mass is 9.92. The molecule has 2 amide bonds. The molecular formula is C13H19N3O4. The van der Waals surface area contributed by atoms with Gasteiger partial charge in [0.2, 0.25) is 5.91 Å². The van der Waals surface area contributed by atoms with Crippen molar-refractivity contribution < 1.29 is 19.5 Å². The summed E-state index contributed by atoms with van der Waals surface area (Å²) in [6.07, 6.45) is 1.52. The van der Waals surface area contributed by atoms with E-state index in [0.29, 0.717) is 0 Å². The first-order chi connectivity index (χ1) is 9.27. The molecule has 0 bridgehead atoms. The second-order valence-electron chi connectivity index (χ2n) is 5.06. The van der Waals surface area contributed by atoms with Gasteiger partial charge in [0.1, 0.15) is 12.2 Å². The van der Waals surface area contributed by atoms with Gasteiger partial charge in [-0.15, -0.1) is 0 Å². The molecule has 7 heteroatoms. The fourth-order valence-electron chi connectivity index (χ4n) is 1.71. The zero-order valence-corrected chi connectivity index (χ0v) is 11.8. The predicted molar refractivity (Wildman–Crippen MR) is 72.2 cm³/mol. The number of hydrogen-bond acceptors (Lipinski definition) is 3. The zero-order valence-electron chi connectivity index (χ0n) is 11.8. The number of aromatic nitrogens is 1. The number of carbonyl (C=O) groups excluding carboxylic acids is 2. The maximum atomic E-state index is 12.0. The van der Waals surface area contributed by atoms with Gasteiger partial charge in [0.25, 0.3) is 5.91 Å². The number of carboxylic acid groups (broad SMARTS) is 1. The highest BCUT2D eigenvalue weighted by Gasteiger charge is 2.27. The number of nitrogens with one attached hydrogen (secondary N) is 2. The van der Waals surface area contributed by atoms with Crippen LogP contribution in [-0.2, 0) is 16.1 Å². The van der Waals surface area contributed by atoms with E-state index in [4.69, 9.17) is 5.11 Å². The SMILES string of the molecule is CNC(=O)C(C)(C)CNC(=O)c1cccn1CC(=O)O. The molecule has 3 N–H and O–H groups in total. The summed E-state index contributed by atoms with van der Waals surface area (Å²) in [7, 11) is 1.53. The lowest BCUT2D eigenvalue weighted by Gasteiger charge is -2.22. The second kappa shape index (κ2) is 6.23. The van der Waals surface area contributed by atoms with Gasteiger partial charge in [0.15, 0.2) is 0 Å². The molecule has 1 rings (SSSR count). The van der Waals surface area contributed by atoms with Gasteiger partial charge in [0, 0.05) is 19.8 Å². The summed E-state index contributed by atoms with van der Waals surface area (Å²) in [5.74, 6) is -1.62. The number of aliphatic carboxylic acids is 1. The third-order valence-corrected chi connectivity index (χ3v) is 2.90. The van der Waals surface area contributed by atoms with Crippen LogP contribution in [0, 0.1) is 5.41 Å². The minimum Gasteiger partial charge on any atom is -0.480 e. The molecular weight excluding hydrogens is 262 g/mol. The highest BCUT2D eigenvalue weighted by molar-refractivity contribution is 5.93. The number of hydrogen-bond donors (Lipinski definition) is 3. The van der Waals surface area contributed by atoms with E-state index in [2.05, 4.69) is 10.6 Å². The largest absolute Gasteiger partial charge is 0.480 e. The average molecular weight is 281 g/mol. The third-order valence-electron chi connectivity index (χ3n) is 2.90. The quantitative estimate of drug-likeness (QED) is 0.687. The van der Waals surface area contributed by atoms with Crippen molar-refractivity contribution >= 4 is 17.8 Å². The molecule has 0 aliphatic rings. The van der Waals surface area contributed by atoms with E-state index in [1.54, 1.807) is 19.9 Å². The van der Waals surface area contributed by atoms with Crippen LogP contribution in [0.15, 0.2) is 18.3 Å². The summed E-state index contributed by atoms with van der Waals surface area (Å²) in [5, 5.41) is 13.9. The molecule has 0 saturated carbocycles. The van der Waals surface area contributed by atoms with Crippen LogP contribution in [0.1, 0.15) is 24.3 Å². The Morgan fingerprint density at radius 3 is 2.55 bits per heavy atom. The Labute approximate surface area is 117 Å². The third kappa shape index (κ3) is 3.84. The second-order valence-corrected chi connectivity index (χ2v) is 5.06. The van der Waals surface area contributed by atoms with E-state index in [1.807, 2.05) is 0 Å². The van der Waals surface area contributed by atoms with Crippen LogP contribution in [0.4, 0.5) is 0 Å². The summed E-state index contributed by atoms with van der Waals surface area (Å²) in [6.45, 7) is 3.29. The number of rotatable bonds is 6. The van der Waals surface area contributed by atoms with E-state index in [-0.39, 0.29) is 24.7 Å². The van der Waals surface area contributed by atoms with Gasteiger partial charge in [-0.05, 0) is 26.0 Å². The van der Waals surface area contributed by atoms with Gasteiger partial charge in [0.05, 0.1) is 5.41 Å². The van der Waals surface area contributed by atoms with Crippen LogP contribution < -0.4 is 10.6 Å². The molecule has 0 radical (unpaired) electrons. The van der Waals surface area contributed by atoms with Crippen molar-refractivity contribution in [2.75, 3.05) is 13.6 Å². The normalized spacial score (nSPS) is 10.9. The van der Waals surface area contributed by atoms with Crippen LogP contribution in [0.5, 0.6) is 0 Å². The molecule has 1 aromatic heterocycles. The van der Waals surface area contributed by atoms with Crippen molar-refractivity contribution in [3.05, 3.63) is 24.0 Å². The van der Waals surface area contributed by atoms with Crippen LogP contribution in [-0.4, -0.2) is 41.0 Å². The van der Waals surface area contributed by atoms with Crippen LogP contribution in [0.2, 0.25) is 0 Å². The molecule has 0 saturated heterocycles. The van der Waals surface area contributed by atoms with Gasteiger partial charge < -0.3 is 20.3 Å². The highest BCUT2D eigenvalue weighted by atomic mass is 16.4. The fourth-order valence-corrected chi connectivity index (χ4v) is 1.71. The smallest absolute Gasteiger partial charge is 0.323 e. The van der Waals surface area contributed by atoms with E-state index in [0.717, 1.165) is 0 Å². The van der Waals surface area contributed by atoms with Gasteiger partial charge >= 0.3 is 5.97 Å². The molecule has 0 aliphatic carbocycles. The Kier molecular flexibility index (Phi) is 4.90. The summed E-state index contributed by atoms with van der Waals surface area (Å²) < 4.78 is 1.34. The first kappa shape index (κ1) is 15.7. The van der Waals surface area contributed by atoms with E-state index >= 15 is 0 Å². The lowest BCUT2D eigenvalue weighted by molar-refractivity contribution is -0.137. The molecule has 1 heterocycles. The van der Waals surface area contributed by atoms with Crippen molar-refractivity contribution in [3.63, 3.8) is 0 Å². The molecule has 1 aromatic rings. The van der Waals surface area contributed by atoms with Crippen molar-refractivity contribution in [3.8, 4) is 0 Å². The molecule has 0 spiro atoms. The maximum absolute atomic E-state index is 12.0. The van der Waals surface area contributed by atoms with Crippen molar-refractivity contribution in [1.29, 1.82) is 0 Å². The number of carboxylic acids is 1. The van der Waals surface area contributed by atoms with E-state index in [1.165, 1.54) is 23.9 Å². The predicted octanol–water partition coefficient (Wildman–Crippen LogP) is 0.0747. The number of nitrogens with zero attached hydrogens (tertiary/aromatic N) is 1. The molecule has 20 heavy (non-hydrogen) atoms. The van der Waals surface area contributed by atoms with E-state index < -0.39 is 17.3 Å². The Balaban J connectivity index is 2.71. The molecule has 0 fully saturated rings. The maximum Gasteiger partial charge on any atom is 0.323 e. The summed E-state index contributed by atoms with van der Waals surface area (Å²) in [4.78, 5) is 34.3. The van der Waals surface area contributed by atoms with Crippen LogP contribution >= 0.6 is 0 Å². The van der Waals surface area contributed by atoms with Crippen LogP contribution in [0.25, 0.3) is 0 Å². The topological polar surface area (TPSA) is 100 Å². The Bertz CT molecular complexity index is 519. The number of amides is 2. The molecule has 0 aliphatic heterocycles. The Morgan fingerprint density at radius 2 is 2.00 bits per heavy atom. The lowest BCUT2D eigenvalue weighted by Crippen LogP contribution is -2.44. The first-order valence-electron chi connectivity index (χ1n) is 6.15. The van der Waals surface area contributed by atoms with Gasteiger partial charge in [-0.2, -0.15) is 0 Å². The van der Waals surface area contributed by atoms with Crippen molar-refractivity contribution in [2.24, 2.45) is 5.41 Å². The minimum atomic E-state index is -1.03. The zero-order chi connectivity index (χ0) is 15.3. The fraction of sp³-hybridized carbons (Fsp3) is 0.462. The van der Waals surface area contributed by atoms with Gasteiger partial charge in [-0.1, -0.05) is 0 Å². The standard InChI is InChI=1S/C13H19N3O4/c1-13(2,12(20)14-3)8-15-11(19)9-5-4-6-16(9)7-10(17)18/h4-6H,7-8H2,1-3H3,(H,14,20)(H,15,19)(H,17,18). The molecule has 0 aromatic carbocycles. The molecule has 0 atom stereocenters. The minimum absolute atomic E-state index is 0.157. The van der Waals surface area contributed by atoms with Gasteiger partial charge in [-0.3, -0.25) is 14.4 Å². The van der Waals surface area contributed by atoms with Crippen LogP contribution in [0.3, 0.4) is 0 Å². The number of carbonyl (C=O) groups is 3. The molecule has 110 valence electrons. The highest BCUT2D eigenvalue weighted by Crippen LogP contribution is 2.13. The molecule has 7 nitrogen and oxygen atoms in total. The summed E-state index contributed by atoms with van der Waals surface area (Å²) >= 11 is 0. The Hall–Kier alpha value is -2.31. The van der Waals surface area contributed by atoms with Crippen molar-refractivity contribution in [1.82, 2.24) is 15.2 Å².